The molecule has 0 bridgehead atoms. The monoisotopic (exact) mass is 291 g/mol. The number of aromatic nitrogens is 2. The van der Waals surface area contributed by atoms with Gasteiger partial charge in [-0.2, -0.15) is 0 Å². The maximum atomic E-state index is 5.17. The summed E-state index contributed by atoms with van der Waals surface area (Å²) in [5.74, 6) is 2.86. The van der Waals surface area contributed by atoms with Crippen LogP contribution in [0.2, 0.25) is 0 Å². The fraction of sp³-hybridized carbons (Fsp3) is 0.824. The van der Waals surface area contributed by atoms with Gasteiger partial charge in [-0.1, -0.05) is 6.42 Å². The van der Waals surface area contributed by atoms with Gasteiger partial charge in [0.15, 0.2) is 0 Å². The van der Waals surface area contributed by atoms with Crippen LogP contribution >= 0.6 is 0 Å². The predicted molar refractivity (Wildman–Crippen MR) is 84.5 cm³/mol. The van der Waals surface area contributed by atoms with Gasteiger partial charge in [0.25, 0.3) is 0 Å². The minimum Gasteiger partial charge on any atom is -0.385 e. The van der Waals surface area contributed by atoms with Crippen LogP contribution in [-0.4, -0.2) is 47.8 Å². The van der Waals surface area contributed by atoms with Crippen molar-refractivity contribution in [1.82, 2.24) is 14.5 Å². The lowest BCUT2D eigenvalue weighted by molar-refractivity contribution is 0.153. The van der Waals surface area contributed by atoms with Crippen LogP contribution in [0.15, 0.2) is 12.4 Å². The molecule has 1 saturated carbocycles. The smallest absolute Gasteiger partial charge is 0.113 e. The summed E-state index contributed by atoms with van der Waals surface area (Å²) in [6.45, 7) is 5.63. The second kappa shape index (κ2) is 7.41. The zero-order valence-corrected chi connectivity index (χ0v) is 13.3. The van der Waals surface area contributed by atoms with Gasteiger partial charge in [-0.3, -0.25) is 0 Å². The zero-order chi connectivity index (χ0) is 14.5. The first-order chi connectivity index (χ1) is 10.4. The quantitative estimate of drug-likeness (QED) is 0.724. The summed E-state index contributed by atoms with van der Waals surface area (Å²) < 4.78 is 7.61. The van der Waals surface area contributed by atoms with Crippen LogP contribution in [0.3, 0.4) is 0 Å². The molecule has 21 heavy (non-hydrogen) atoms. The Balaban J connectivity index is 1.56. The lowest BCUT2D eigenvalue weighted by Gasteiger charge is -2.33. The molecule has 1 aromatic rings. The number of methoxy groups -OCH3 is 1. The van der Waals surface area contributed by atoms with Crippen LogP contribution in [0.25, 0.3) is 0 Å². The SMILES string of the molecule is COCCCN1CCC[C@H](c2nccn2CC2CCC2)C1. The number of piperidine rings is 1. The number of hydrogen-bond acceptors (Lipinski definition) is 3. The van der Waals surface area contributed by atoms with E-state index in [2.05, 4.69) is 15.7 Å². The Hall–Kier alpha value is -0.870. The molecule has 118 valence electrons. The van der Waals surface area contributed by atoms with Crippen LogP contribution in [-0.2, 0) is 11.3 Å². The maximum absolute atomic E-state index is 5.17. The van der Waals surface area contributed by atoms with Crippen LogP contribution < -0.4 is 0 Å². The van der Waals surface area contributed by atoms with Crippen LogP contribution in [0.5, 0.6) is 0 Å². The summed E-state index contributed by atoms with van der Waals surface area (Å²) in [5, 5.41) is 0. The van der Waals surface area contributed by atoms with Gasteiger partial charge in [-0.15, -0.1) is 0 Å². The molecule has 1 aliphatic carbocycles. The van der Waals surface area contributed by atoms with Crippen molar-refractivity contribution < 1.29 is 4.74 Å². The van der Waals surface area contributed by atoms with Gasteiger partial charge in [0.2, 0.25) is 0 Å². The van der Waals surface area contributed by atoms with E-state index in [-0.39, 0.29) is 0 Å². The third-order valence-electron chi connectivity index (χ3n) is 5.12. The van der Waals surface area contributed by atoms with E-state index in [4.69, 9.17) is 9.72 Å². The largest absolute Gasteiger partial charge is 0.385 e. The molecule has 1 aromatic heterocycles. The lowest BCUT2D eigenvalue weighted by Crippen LogP contribution is -2.36. The fourth-order valence-corrected chi connectivity index (χ4v) is 3.69. The molecule has 0 N–H and O–H groups in total. The molecule has 2 aliphatic rings. The second-order valence-corrected chi connectivity index (χ2v) is 6.72. The molecule has 2 heterocycles. The average Bonchev–Trinajstić information content (AvgIpc) is 2.92. The van der Waals surface area contributed by atoms with E-state index in [0.717, 1.165) is 25.5 Å². The number of nitrogens with zero attached hydrogens (tertiary/aromatic N) is 3. The fourth-order valence-electron chi connectivity index (χ4n) is 3.69. The summed E-state index contributed by atoms with van der Waals surface area (Å²) in [5.41, 5.74) is 0. The molecule has 1 aliphatic heterocycles. The van der Waals surface area contributed by atoms with Crippen molar-refractivity contribution in [2.75, 3.05) is 33.4 Å². The summed E-state index contributed by atoms with van der Waals surface area (Å²) in [7, 11) is 1.79. The van der Waals surface area contributed by atoms with E-state index in [1.807, 2.05) is 6.20 Å². The number of hydrogen-bond donors (Lipinski definition) is 0. The van der Waals surface area contributed by atoms with Crippen LogP contribution in [0.4, 0.5) is 0 Å². The van der Waals surface area contributed by atoms with Crippen molar-refractivity contribution in [2.45, 2.75) is 51.0 Å². The molecule has 1 atom stereocenters. The van der Waals surface area contributed by atoms with Gasteiger partial charge in [-0.05, 0) is 44.6 Å². The van der Waals surface area contributed by atoms with Crippen molar-refractivity contribution in [1.29, 1.82) is 0 Å². The van der Waals surface area contributed by atoms with Gasteiger partial charge in [0.1, 0.15) is 5.82 Å². The number of rotatable bonds is 7. The Morgan fingerprint density at radius 2 is 2.19 bits per heavy atom. The van der Waals surface area contributed by atoms with Crippen molar-refractivity contribution in [2.24, 2.45) is 5.92 Å². The first kappa shape index (κ1) is 15.0. The minimum absolute atomic E-state index is 0.622. The molecule has 0 unspecified atom stereocenters. The molecule has 0 amide bonds. The minimum atomic E-state index is 0.622. The summed E-state index contributed by atoms with van der Waals surface area (Å²) in [4.78, 5) is 7.29. The van der Waals surface area contributed by atoms with Gasteiger partial charge < -0.3 is 14.2 Å². The predicted octanol–water partition coefficient (Wildman–Crippen LogP) is 2.90. The molecule has 0 radical (unpaired) electrons. The van der Waals surface area contributed by atoms with Crippen LogP contribution in [0, 0.1) is 5.92 Å². The Morgan fingerprint density at radius 1 is 1.29 bits per heavy atom. The normalized spacial score (nSPS) is 24.1. The molecule has 3 rings (SSSR count). The van der Waals surface area contributed by atoms with E-state index < -0.39 is 0 Å². The molecular formula is C17H29N3O. The first-order valence-electron chi connectivity index (χ1n) is 8.59. The number of likely N-dealkylation sites (tertiary alicyclic amines) is 1. The first-order valence-corrected chi connectivity index (χ1v) is 8.59. The summed E-state index contributed by atoms with van der Waals surface area (Å²) in [6, 6.07) is 0. The maximum Gasteiger partial charge on any atom is 0.113 e. The average molecular weight is 291 g/mol. The van der Waals surface area contributed by atoms with Gasteiger partial charge in [-0.25, -0.2) is 4.98 Å². The third kappa shape index (κ3) is 3.86. The van der Waals surface area contributed by atoms with E-state index >= 15 is 0 Å². The summed E-state index contributed by atoms with van der Waals surface area (Å²) >= 11 is 0. The highest BCUT2D eigenvalue weighted by atomic mass is 16.5. The Bertz CT molecular complexity index is 427. The molecule has 2 fully saturated rings. The van der Waals surface area contributed by atoms with Crippen LogP contribution in [0.1, 0.15) is 50.3 Å². The highest BCUT2D eigenvalue weighted by Crippen LogP contribution is 2.31. The van der Waals surface area contributed by atoms with Crippen molar-refractivity contribution in [3.8, 4) is 0 Å². The van der Waals surface area contributed by atoms with Gasteiger partial charge in [0, 0.05) is 51.7 Å². The van der Waals surface area contributed by atoms with E-state index in [0.29, 0.717) is 5.92 Å². The van der Waals surface area contributed by atoms with Crippen molar-refractivity contribution in [3.63, 3.8) is 0 Å². The van der Waals surface area contributed by atoms with E-state index in [1.165, 1.54) is 57.6 Å². The molecule has 4 nitrogen and oxygen atoms in total. The zero-order valence-electron chi connectivity index (χ0n) is 13.3. The molecule has 0 aromatic carbocycles. The van der Waals surface area contributed by atoms with Gasteiger partial charge >= 0.3 is 0 Å². The summed E-state index contributed by atoms with van der Waals surface area (Å²) in [6.07, 6.45) is 12.2. The Morgan fingerprint density at radius 3 is 2.95 bits per heavy atom. The second-order valence-electron chi connectivity index (χ2n) is 6.72. The molecule has 4 heteroatoms. The lowest BCUT2D eigenvalue weighted by atomic mass is 9.85. The standard InChI is InChI=1S/C17H29N3O/c1-21-12-4-10-19-9-3-7-16(14-19)17-18-8-11-20(17)13-15-5-2-6-15/h8,11,15-16H,2-7,9-10,12-14H2,1H3/t16-/m0/s1. The van der Waals surface area contributed by atoms with Crippen molar-refractivity contribution in [3.05, 3.63) is 18.2 Å². The van der Waals surface area contributed by atoms with E-state index in [9.17, 15) is 0 Å². The third-order valence-corrected chi connectivity index (χ3v) is 5.12. The Kier molecular flexibility index (Phi) is 5.31. The highest BCUT2D eigenvalue weighted by Gasteiger charge is 2.26. The Labute approximate surface area is 128 Å². The number of ether oxygens (including phenoxy) is 1. The topological polar surface area (TPSA) is 30.3 Å². The molecule has 0 spiro atoms. The highest BCUT2D eigenvalue weighted by molar-refractivity contribution is 5.03. The van der Waals surface area contributed by atoms with E-state index in [1.54, 1.807) is 7.11 Å². The molecular weight excluding hydrogens is 262 g/mol. The van der Waals surface area contributed by atoms with Gasteiger partial charge in [0.05, 0.1) is 0 Å². The molecule has 1 saturated heterocycles. The number of imidazole rings is 1. The van der Waals surface area contributed by atoms with Crippen molar-refractivity contribution >= 4 is 0 Å².